The summed E-state index contributed by atoms with van der Waals surface area (Å²) in [5.41, 5.74) is 10.8. The van der Waals surface area contributed by atoms with Gasteiger partial charge in [-0.25, -0.2) is 0 Å². The molecule has 5 heteroatoms. The van der Waals surface area contributed by atoms with Crippen molar-refractivity contribution in [3.05, 3.63) is 89.0 Å². The lowest BCUT2D eigenvalue weighted by molar-refractivity contribution is -0.145. The number of benzene rings is 2. The monoisotopic (exact) mass is 640 g/mol. The first kappa shape index (κ1) is 35.4. The Morgan fingerprint density at radius 3 is 2.55 bits per heavy atom. The standard InChI is InChI=1S/C42H60N2O3/c1-44-30-34-12-9-24-42(29-34)37-15-8-11-33(27-37)28-39(36-19-21-38(45)22-20-36)35(14-6-7-16-40(42)41(46)47)13-5-3-2-4-10-31-17-18-32(26-31)23-25-43/h6-8,11,15,19-22,26-27,31,34-35,39-40,44-45H,2-5,9-10,12-14,16-18,23-25,28-30,43H2,1H3,(H,46,47)/t31-,34+,35-,39-,40+,42-/m1/s1. The van der Waals surface area contributed by atoms with Crippen molar-refractivity contribution in [1.29, 1.82) is 0 Å². The summed E-state index contributed by atoms with van der Waals surface area (Å²) in [6.45, 7) is 1.70. The third-order valence-corrected chi connectivity index (χ3v) is 11.8. The summed E-state index contributed by atoms with van der Waals surface area (Å²) in [5.74, 6) is 1.22. The van der Waals surface area contributed by atoms with Crippen LogP contribution in [0.2, 0.25) is 0 Å². The van der Waals surface area contributed by atoms with Crippen LogP contribution in [0, 0.1) is 23.7 Å². The summed E-state index contributed by atoms with van der Waals surface area (Å²) in [4.78, 5) is 13.0. The zero-order valence-corrected chi connectivity index (χ0v) is 28.8. The van der Waals surface area contributed by atoms with Gasteiger partial charge in [0.1, 0.15) is 5.75 Å². The lowest BCUT2D eigenvalue weighted by atomic mass is 9.58. The Bertz CT molecular complexity index is 1330. The molecule has 5 rings (SSSR count). The average molecular weight is 641 g/mol. The highest BCUT2D eigenvalue weighted by atomic mass is 16.4. The summed E-state index contributed by atoms with van der Waals surface area (Å²) >= 11 is 0. The molecule has 256 valence electrons. The van der Waals surface area contributed by atoms with Crippen LogP contribution in [0.5, 0.6) is 5.75 Å². The topological polar surface area (TPSA) is 95.6 Å². The number of phenols is 1. The molecule has 3 aliphatic carbocycles. The maximum Gasteiger partial charge on any atom is 0.307 e. The number of aromatic hydroxyl groups is 1. The molecule has 1 spiro atoms. The van der Waals surface area contributed by atoms with E-state index in [4.69, 9.17) is 5.73 Å². The van der Waals surface area contributed by atoms with Gasteiger partial charge in [0.05, 0.1) is 5.92 Å². The lowest BCUT2D eigenvalue weighted by Crippen LogP contribution is -2.45. The van der Waals surface area contributed by atoms with Crippen molar-refractivity contribution in [1.82, 2.24) is 5.32 Å². The van der Waals surface area contributed by atoms with Crippen molar-refractivity contribution in [3.8, 4) is 5.75 Å². The van der Waals surface area contributed by atoms with E-state index in [2.05, 4.69) is 59.9 Å². The zero-order chi connectivity index (χ0) is 33.1. The van der Waals surface area contributed by atoms with Gasteiger partial charge in [-0.05, 0) is 143 Å². The number of fused-ring (bicyclic) bond motifs is 3. The molecular formula is C42H60N2O3. The Balaban J connectivity index is 1.35. The number of rotatable bonds is 13. The van der Waals surface area contributed by atoms with Crippen LogP contribution in [0.3, 0.4) is 0 Å². The molecule has 2 aromatic carbocycles. The molecule has 2 aromatic rings. The van der Waals surface area contributed by atoms with Gasteiger partial charge in [0, 0.05) is 5.41 Å². The molecular weight excluding hydrogens is 580 g/mol. The van der Waals surface area contributed by atoms with E-state index in [0.29, 0.717) is 29.9 Å². The number of nitrogens with two attached hydrogens (primary N) is 1. The Morgan fingerprint density at radius 1 is 1.00 bits per heavy atom. The largest absolute Gasteiger partial charge is 0.508 e. The van der Waals surface area contributed by atoms with Gasteiger partial charge in [0.25, 0.3) is 0 Å². The van der Waals surface area contributed by atoms with Crippen molar-refractivity contribution in [3.63, 3.8) is 0 Å². The minimum absolute atomic E-state index is 0.308. The van der Waals surface area contributed by atoms with E-state index in [1.807, 2.05) is 19.2 Å². The Morgan fingerprint density at radius 2 is 1.79 bits per heavy atom. The van der Waals surface area contributed by atoms with Crippen LogP contribution in [0.15, 0.2) is 72.3 Å². The predicted molar refractivity (Wildman–Crippen MR) is 194 cm³/mol. The molecule has 0 amide bonds. The second-order valence-electron chi connectivity index (χ2n) is 15.0. The fraction of sp³-hybridized carbons (Fsp3) is 0.595. The predicted octanol–water partition coefficient (Wildman–Crippen LogP) is 9.06. The van der Waals surface area contributed by atoms with Gasteiger partial charge >= 0.3 is 5.97 Å². The summed E-state index contributed by atoms with van der Waals surface area (Å²) in [6, 6.07) is 16.9. The van der Waals surface area contributed by atoms with Crippen LogP contribution in [-0.4, -0.2) is 36.3 Å². The first-order valence-corrected chi connectivity index (χ1v) is 18.7. The molecule has 0 unspecified atom stereocenters. The molecule has 5 nitrogen and oxygen atoms in total. The number of phenolic OH excluding ortho intramolecular Hbond substituents is 1. The number of aliphatic carboxylic acids is 1. The molecule has 1 fully saturated rings. The number of unbranched alkanes of at least 4 members (excludes halogenated alkanes) is 3. The summed E-state index contributed by atoms with van der Waals surface area (Å²) in [7, 11) is 2.01. The van der Waals surface area contributed by atoms with Crippen LogP contribution in [0.1, 0.15) is 119 Å². The molecule has 3 aliphatic rings. The number of hydrogen-bond donors (Lipinski definition) is 4. The number of carboxylic acids is 1. The van der Waals surface area contributed by atoms with E-state index in [0.717, 1.165) is 70.4 Å². The lowest BCUT2D eigenvalue weighted by Gasteiger charge is -2.45. The van der Waals surface area contributed by atoms with Crippen LogP contribution < -0.4 is 11.1 Å². The van der Waals surface area contributed by atoms with Crippen LogP contribution >= 0.6 is 0 Å². The maximum absolute atomic E-state index is 13.0. The normalized spacial score (nSPS) is 28.0. The van der Waals surface area contributed by atoms with Gasteiger partial charge in [0.2, 0.25) is 0 Å². The number of nitrogens with one attached hydrogen (secondary N) is 1. The number of carboxylic acid groups (broad SMARTS) is 1. The van der Waals surface area contributed by atoms with Crippen LogP contribution in [-0.2, 0) is 16.6 Å². The first-order chi connectivity index (χ1) is 22.9. The quantitative estimate of drug-likeness (QED) is 0.129. The van der Waals surface area contributed by atoms with Gasteiger partial charge in [-0.3, -0.25) is 4.79 Å². The smallest absolute Gasteiger partial charge is 0.307 e. The summed E-state index contributed by atoms with van der Waals surface area (Å²) < 4.78 is 0. The van der Waals surface area contributed by atoms with Crippen molar-refractivity contribution in [2.24, 2.45) is 29.4 Å². The molecule has 47 heavy (non-hydrogen) atoms. The highest BCUT2D eigenvalue weighted by molar-refractivity contribution is 5.73. The highest BCUT2D eigenvalue weighted by Gasteiger charge is 2.47. The van der Waals surface area contributed by atoms with Gasteiger partial charge < -0.3 is 21.3 Å². The summed E-state index contributed by atoms with van der Waals surface area (Å²) in [5, 5.41) is 24.2. The zero-order valence-electron chi connectivity index (χ0n) is 28.8. The number of hydrogen-bond acceptors (Lipinski definition) is 4. The highest BCUT2D eigenvalue weighted by Crippen LogP contribution is 2.49. The maximum atomic E-state index is 13.0. The van der Waals surface area contributed by atoms with Crippen LogP contribution in [0.4, 0.5) is 0 Å². The fourth-order valence-electron chi connectivity index (χ4n) is 9.42. The van der Waals surface area contributed by atoms with Gasteiger partial charge in [-0.1, -0.05) is 92.3 Å². The molecule has 0 aromatic heterocycles. The van der Waals surface area contributed by atoms with Crippen molar-refractivity contribution in [2.75, 3.05) is 20.1 Å². The average Bonchev–Trinajstić information content (AvgIpc) is 3.52. The number of carbonyl (C=O) groups is 1. The Kier molecular flexibility index (Phi) is 13.2. The molecule has 2 bridgehead atoms. The molecule has 0 aliphatic heterocycles. The van der Waals surface area contributed by atoms with E-state index in [1.54, 1.807) is 5.57 Å². The minimum Gasteiger partial charge on any atom is -0.508 e. The molecule has 1 saturated carbocycles. The van der Waals surface area contributed by atoms with Gasteiger partial charge in [-0.15, -0.1) is 0 Å². The van der Waals surface area contributed by atoms with Crippen LogP contribution in [0.25, 0.3) is 0 Å². The Labute approximate surface area is 284 Å². The van der Waals surface area contributed by atoms with E-state index >= 15 is 0 Å². The second kappa shape index (κ2) is 17.5. The minimum atomic E-state index is -0.663. The van der Waals surface area contributed by atoms with E-state index < -0.39 is 11.9 Å². The third kappa shape index (κ3) is 9.38. The molecule has 5 N–H and O–H groups in total. The first-order valence-electron chi connectivity index (χ1n) is 18.7. The van der Waals surface area contributed by atoms with Crippen molar-refractivity contribution < 1.29 is 15.0 Å². The van der Waals surface area contributed by atoms with E-state index in [1.165, 1.54) is 61.6 Å². The number of allylic oxidation sites excluding steroid dienone is 3. The Hall–Kier alpha value is -2.89. The SMILES string of the molecule is CNC[C@H]1CCC[C@@]2(C1)c1cccc(c1)C[C@@H](c1ccc(O)cc1)[C@H](CCCCCC[C@H]1C=C(CCN)CC1)CC=CC[C@H]2C(=O)O. The molecule has 0 radical (unpaired) electrons. The molecule has 0 saturated heterocycles. The third-order valence-electron chi connectivity index (χ3n) is 11.8. The van der Waals surface area contributed by atoms with Gasteiger partial charge in [-0.2, -0.15) is 0 Å². The van der Waals surface area contributed by atoms with E-state index in [9.17, 15) is 15.0 Å². The van der Waals surface area contributed by atoms with E-state index in [-0.39, 0.29) is 5.41 Å². The molecule has 0 heterocycles. The van der Waals surface area contributed by atoms with Gasteiger partial charge in [0.15, 0.2) is 0 Å². The van der Waals surface area contributed by atoms with Crippen molar-refractivity contribution in [2.45, 2.75) is 114 Å². The van der Waals surface area contributed by atoms with Crippen molar-refractivity contribution >= 4 is 5.97 Å². The molecule has 6 atom stereocenters. The summed E-state index contributed by atoms with van der Waals surface area (Å²) in [6.07, 6.45) is 24.6. The fourth-order valence-corrected chi connectivity index (χ4v) is 9.42. The second-order valence-corrected chi connectivity index (χ2v) is 15.0.